The third kappa shape index (κ3) is 2.53. The molecule has 0 saturated heterocycles. The topological polar surface area (TPSA) is 0 Å². The predicted octanol–water partition coefficient (Wildman–Crippen LogP) is 6.20. The van der Waals surface area contributed by atoms with Gasteiger partial charge < -0.3 is 0 Å². The van der Waals surface area contributed by atoms with Crippen LogP contribution in [0.15, 0.2) is 72.8 Å². The van der Waals surface area contributed by atoms with Crippen LogP contribution in [0.4, 0.5) is 0 Å². The standard InChI is InChI=1S/C25H22/c1-2-8-18(9-3-1)16-21-17-20-11-5-6-12-22(20)24-15-14-19-10-4-7-13-23(19)25(21)24/h1-6,8-12,14-15,21H,7,13,16-17H2. The van der Waals surface area contributed by atoms with Crippen LogP contribution in [0.3, 0.4) is 0 Å². The zero-order valence-electron chi connectivity index (χ0n) is 14.4. The maximum atomic E-state index is 2.36. The van der Waals surface area contributed by atoms with E-state index in [0.717, 1.165) is 12.8 Å². The summed E-state index contributed by atoms with van der Waals surface area (Å²) in [7, 11) is 0. The molecule has 3 aromatic carbocycles. The molecule has 3 aromatic rings. The number of hydrogen-bond acceptors (Lipinski definition) is 0. The average molecular weight is 322 g/mol. The molecule has 2 aliphatic rings. The van der Waals surface area contributed by atoms with Crippen molar-refractivity contribution in [2.45, 2.75) is 31.6 Å². The second-order valence-corrected chi connectivity index (χ2v) is 7.28. The molecule has 0 aliphatic heterocycles. The minimum atomic E-state index is 0.578. The van der Waals surface area contributed by atoms with Crippen molar-refractivity contribution in [2.75, 3.05) is 0 Å². The SMILES string of the molecule is C1=Cc2ccc3c(c2CC1)C(Cc1ccccc1)Cc1ccccc1-3. The van der Waals surface area contributed by atoms with E-state index in [1.807, 2.05) is 0 Å². The first kappa shape index (κ1) is 14.7. The molecule has 1 unspecified atom stereocenters. The molecule has 1 atom stereocenters. The summed E-state index contributed by atoms with van der Waals surface area (Å²) < 4.78 is 0. The largest absolute Gasteiger partial charge is 0.0836 e. The van der Waals surface area contributed by atoms with Gasteiger partial charge in [-0.3, -0.25) is 0 Å². The fraction of sp³-hybridized carbons (Fsp3) is 0.200. The summed E-state index contributed by atoms with van der Waals surface area (Å²) in [6.07, 6.45) is 9.27. The minimum absolute atomic E-state index is 0.578. The molecule has 0 bridgehead atoms. The number of fused-ring (bicyclic) bond motifs is 5. The molecule has 0 aromatic heterocycles. The van der Waals surface area contributed by atoms with Gasteiger partial charge in [0, 0.05) is 0 Å². The first-order valence-corrected chi connectivity index (χ1v) is 9.34. The van der Waals surface area contributed by atoms with Crippen molar-refractivity contribution in [3.63, 3.8) is 0 Å². The molecule has 0 saturated carbocycles. The summed E-state index contributed by atoms with van der Waals surface area (Å²) in [6.45, 7) is 0. The molecule has 0 heterocycles. The smallest absolute Gasteiger partial charge is 0.00717 e. The van der Waals surface area contributed by atoms with Gasteiger partial charge in [0.05, 0.1) is 0 Å². The van der Waals surface area contributed by atoms with Crippen LogP contribution in [0.2, 0.25) is 0 Å². The van der Waals surface area contributed by atoms with Crippen molar-refractivity contribution >= 4 is 6.08 Å². The summed E-state index contributed by atoms with van der Waals surface area (Å²) in [5, 5.41) is 0. The summed E-state index contributed by atoms with van der Waals surface area (Å²) >= 11 is 0. The Morgan fingerprint density at radius 2 is 1.64 bits per heavy atom. The lowest BCUT2D eigenvalue weighted by molar-refractivity contribution is 0.662. The van der Waals surface area contributed by atoms with Crippen LogP contribution in [0, 0.1) is 0 Å². The zero-order valence-corrected chi connectivity index (χ0v) is 14.4. The van der Waals surface area contributed by atoms with Gasteiger partial charge in [0.15, 0.2) is 0 Å². The fourth-order valence-corrected chi connectivity index (χ4v) is 4.66. The van der Waals surface area contributed by atoms with Crippen LogP contribution in [0.1, 0.15) is 40.2 Å². The van der Waals surface area contributed by atoms with Gasteiger partial charge in [-0.05, 0) is 70.5 Å². The number of hydrogen-bond donors (Lipinski definition) is 0. The molecule has 0 spiro atoms. The highest BCUT2D eigenvalue weighted by Gasteiger charge is 2.28. The molecule has 0 heteroatoms. The predicted molar refractivity (Wildman–Crippen MR) is 106 cm³/mol. The van der Waals surface area contributed by atoms with Gasteiger partial charge in [-0.1, -0.05) is 78.9 Å². The van der Waals surface area contributed by atoms with E-state index in [1.165, 1.54) is 40.7 Å². The van der Waals surface area contributed by atoms with Gasteiger partial charge in [-0.25, -0.2) is 0 Å². The van der Waals surface area contributed by atoms with Crippen molar-refractivity contribution in [1.29, 1.82) is 0 Å². The lowest BCUT2D eigenvalue weighted by atomic mass is 9.72. The average Bonchev–Trinajstić information content (AvgIpc) is 2.68. The molecule has 2 aliphatic carbocycles. The molecule has 0 fully saturated rings. The summed E-state index contributed by atoms with van der Waals surface area (Å²) in [4.78, 5) is 0. The summed E-state index contributed by atoms with van der Waals surface area (Å²) in [5.41, 5.74) is 10.5. The Labute approximate surface area is 149 Å². The van der Waals surface area contributed by atoms with E-state index in [9.17, 15) is 0 Å². The van der Waals surface area contributed by atoms with Crippen molar-refractivity contribution in [2.24, 2.45) is 0 Å². The minimum Gasteiger partial charge on any atom is -0.0836 e. The van der Waals surface area contributed by atoms with Crippen LogP contribution < -0.4 is 0 Å². The van der Waals surface area contributed by atoms with Crippen LogP contribution in [0.5, 0.6) is 0 Å². The quantitative estimate of drug-likeness (QED) is 0.527. The van der Waals surface area contributed by atoms with E-state index >= 15 is 0 Å². The summed E-state index contributed by atoms with van der Waals surface area (Å²) in [5.74, 6) is 0.578. The molecule has 5 rings (SSSR count). The van der Waals surface area contributed by atoms with Crippen molar-refractivity contribution < 1.29 is 0 Å². The highest BCUT2D eigenvalue weighted by atomic mass is 14.3. The van der Waals surface area contributed by atoms with Crippen LogP contribution in [-0.2, 0) is 19.3 Å². The Hall–Kier alpha value is -2.60. The van der Waals surface area contributed by atoms with Crippen LogP contribution >= 0.6 is 0 Å². The molecule has 0 radical (unpaired) electrons. The van der Waals surface area contributed by atoms with Gasteiger partial charge in [0.1, 0.15) is 0 Å². The fourth-order valence-electron chi connectivity index (χ4n) is 4.66. The zero-order chi connectivity index (χ0) is 16.6. The van der Waals surface area contributed by atoms with Gasteiger partial charge in [-0.15, -0.1) is 0 Å². The van der Waals surface area contributed by atoms with Crippen molar-refractivity contribution in [3.8, 4) is 11.1 Å². The van der Waals surface area contributed by atoms with E-state index in [0.29, 0.717) is 5.92 Å². The van der Waals surface area contributed by atoms with E-state index in [2.05, 4.69) is 78.9 Å². The highest BCUT2D eigenvalue weighted by Crippen LogP contribution is 2.44. The normalized spacial score (nSPS) is 17.5. The third-order valence-electron chi connectivity index (χ3n) is 5.76. The Bertz CT molecular complexity index is 945. The maximum absolute atomic E-state index is 2.36. The number of rotatable bonds is 2. The first-order valence-electron chi connectivity index (χ1n) is 9.34. The second kappa shape index (κ2) is 6.04. The third-order valence-corrected chi connectivity index (χ3v) is 5.76. The molecule has 25 heavy (non-hydrogen) atoms. The molecule has 0 N–H and O–H groups in total. The maximum Gasteiger partial charge on any atom is -0.00717 e. The Balaban J connectivity index is 1.69. The van der Waals surface area contributed by atoms with Gasteiger partial charge >= 0.3 is 0 Å². The van der Waals surface area contributed by atoms with Gasteiger partial charge in [-0.2, -0.15) is 0 Å². The molecule has 122 valence electrons. The lowest BCUT2D eigenvalue weighted by Gasteiger charge is -2.32. The Morgan fingerprint density at radius 1 is 0.800 bits per heavy atom. The number of benzene rings is 3. The Morgan fingerprint density at radius 3 is 2.56 bits per heavy atom. The molecule has 0 nitrogen and oxygen atoms in total. The van der Waals surface area contributed by atoms with E-state index in [1.54, 1.807) is 11.1 Å². The van der Waals surface area contributed by atoms with Crippen LogP contribution in [-0.4, -0.2) is 0 Å². The molecule has 0 amide bonds. The second-order valence-electron chi connectivity index (χ2n) is 7.28. The van der Waals surface area contributed by atoms with Crippen LogP contribution in [0.25, 0.3) is 17.2 Å². The van der Waals surface area contributed by atoms with E-state index in [-0.39, 0.29) is 0 Å². The van der Waals surface area contributed by atoms with E-state index < -0.39 is 0 Å². The van der Waals surface area contributed by atoms with E-state index in [4.69, 9.17) is 0 Å². The monoisotopic (exact) mass is 322 g/mol. The highest BCUT2D eigenvalue weighted by molar-refractivity contribution is 5.78. The van der Waals surface area contributed by atoms with Gasteiger partial charge in [0.2, 0.25) is 0 Å². The first-order chi connectivity index (χ1) is 12.4. The lowest BCUT2D eigenvalue weighted by Crippen LogP contribution is -2.17. The van der Waals surface area contributed by atoms with Crippen molar-refractivity contribution in [3.05, 3.63) is 101 Å². The summed E-state index contributed by atoms with van der Waals surface area (Å²) in [6, 6.07) is 24.7. The van der Waals surface area contributed by atoms with Crippen molar-refractivity contribution in [1.82, 2.24) is 0 Å². The molecular weight excluding hydrogens is 300 g/mol. The molecular formula is C25H22. The number of allylic oxidation sites excluding steroid dienone is 1. The van der Waals surface area contributed by atoms with Gasteiger partial charge in [0.25, 0.3) is 0 Å². The Kier molecular flexibility index (Phi) is 3.56.